The first-order valence-electron chi connectivity index (χ1n) is 26.0. The van der Waals surface area contributed by atoms with Gasteiger partial charge in [-0.1, -0.05) is 255 Å². The van der Waals surface area contributed by atoms with Gasteiger partial charge in [0.25, 0.3) is 0 Å². The molecule has 0 bridgehead atoms. The van der Waals surface area contributed by atoms with Crippen molar-refractivity contribution in [3.05, 3.63) is 290 Å². The number of hydrogen-bond acceptors (Lipinski definition) is 3. The lowest BCUT2D eigenvalue weighted by Crippen LogP contribution is -2.74. The van der Waals surface area contributed by atoms with Gasteiger partial charge in [-0.25, -0.2) is 15.0 Å². The van der Waals surface area contributed by atoms with Gasteiger partial charge in [0.2, 0.25) is 0 Å². The van der Waals surface area contributed by atoms with E-state index in [-0.39, 0.29) is 0 Å². The molecular formula is C71H52N4Si. The molecule has 0 N–H and O–H groups in total. The molecule has 0 unspecified atom stereocenters. The van der Waals surface area contributed by atoms with Crippen LogP contribution in [0.3, 0.4) is 0 Å². The molecule has 13 rings (SSSR count). The van der Waals surface area contributed by atoms with E-state index < -0.39 is 8.07 Å². The minimum Gasteiger partial charge on any atom is -0.308 e. The maximum Gasteiger partial charge on any atom is 0.179 e. The summed E-state index contributed by atoms with van der Waals surface area (Å²) in [6.45, 7) is 4.38. The number of fused-ring (bicyclic) bond motifs is 3. The highest BCUT2D eigenvalue weighted by Gasteiger charge is 2.41. The zero-order valence-corrected chi connectivity index (χ0v) is 43.3. The number of benzene rings is 11. The number of aryl methyl sites for hydroxylation is 2. The van der Waals surface area contributed by atoms with Crippen LogP contribution in [0, 0.1) is 13.8 Å². The largest absolute Gasteiger partial charge is 0.308 e. The van der Waals surface area contributed by atoms with Gasteiger partial charge in [0.05, 0.1) is 16.7 Å². The predicted molar refractivity (Wildman–Crippen MR) is 320 cm³/mol. The first kappa shape index (κ1) is 46.2. The molecule has 0 fully saturated rings. The fourth-order valence-corrected chi connectivity index (χ4v) is 16.2. The van der Waals surface area contributed by atoms with E-state index in [1.165, 1.54) is 53.8 Å². The van der Waals surface area contributed by atoms with Gasteiger partial charge in [-0.3, -0.25) is 0 Å². The van der Waals surface area contributed by atoms with E-state index in [0.29, 0.717) is 17.5 Å². The summed E-state index contributed by atoms with van der Waals surface area (Å²) >= 11 is 0. The van der Waals surface area contributed by atoms with Crippen LogP contribution >= 0.6 is 0 Å². The lowest BCUT2D eigenvalue weighted by atomic mass is 9.98. The molecule has 0 aliphatic rings. The minimum atomic E-state index is -2.86. The molecule has 2 heterocycles. The summed E-state index contributed by atoms with van der Waals surface area (Å²) in [6, 6.07) is 101. The van der Waals surface area contributed by atoms with Crippen molar-refractivity contribution < 1.29 is 0 Å². The molecule has 0 saturated carbocycles. The van der Waals surface area contributed by atoms with Crippen molar-refractivity contribution in [2.24, 2.45) is 0 Å². The summed E-state index contributed by atoms with van der Waals surface area (Å²) in [5.41, 5.74) is 15.2. The fraction of sp³-hybridized carbons (Fsp3) is 0.0282. The molecule has 0 spiro atoms. The van der Waals surface area contributed by atoms with Gasteiger partial charge in [-0.2, -0.15) is 0 Å². The average molecular weight is 989 g/mol. The minimum absolute atomic E-state index is 0.586. The highest BCUT2D eigenvalue weighted by Crippen LogP contribution is 2.41. The molecule has 76 heavy (non-hydrogen) atoms. The van der Waals surface area contributed by atoms with Gasteiger partial charge < -0.3 is 4.57 Å². The Balaban J connectivity index is 1.11. The molecule has 0 aliphatic heterocycles. The second-order valence-electron chi connectivity index (χ2n) is 19.6. The maximum absolute atomic E-state index is 5.47. The number of nitrogens with zero attached hydrogens (tertiary/aromatic N) is 4. The van der Waals surface area contributed by atoms with E-state index in [1.54, 1.807) is 0 Å². The Morgan fingerprint density at radius 2 is 0.658 bits per heavy atom. The van der Waals surface area contributed by atoms with E-state index in [1.807, 2.05) is 36.4 Å². The molecular weight excluding hydrogens is 937 g/mol. The van der Waals surface area contributed by atoms with Crippen LogP contribution in [-0.4, -0.2) is 27.6 Å². The van der Waals surface area contributed by atoms with Gasteiger partial charge in [0.1, 0.15) is 0 Å². The Bertz CT molecular complexity index is 3970. The van der Waals surface area contributed by atoms with Crippen LogP contribution in [0.1, 0.15) is 11.1 Å². The zero-order chi connectivity index (χ0) is 51.0. The summed E-state index contributed by atoms with van der Waals surface area (Å²) in [5.74, 6) is 1.80. The van der Waals surface area contributed by atoms with Gasteiger partial charge in [-0.15, -0.1) is 0 Å². The van der Waals surface area contributed by atoms with Crippen molar-refractivity contribution >= 4 is 50.6 Å². The lowest BCUT2D eigenvalue weighted by Gasteiger charge is -2.34. The molecule has 4 nitrogen and oxygen atoms in total. The average Bonchev–Trinajstić information content (AvgIpc) is 3.84. The van der Waals surface area contributed by atoms with Crippen molar-refractivity contribution in [1.29, 1.82) is 0 Å². The van der Waals surface area contributed by atoms with Crippen molar-refractivity contribution in [3.63, 3.8) is 0 Å². The topological polar surface area (TPSA) is 43.6 Å². The summed E-state index contributed by atoms with van der Waals surface area (Å²) in [7, 11) is -2.86. The van der Waals surface area contributed by atoms with Crippen LogP contribution < -0.4 is 20.7 Å². The SMILES string of the molecule is Cc1ccccc1-c1ccc2c3ccc(-c4ccccc4C)cc3n(-c3ccc(-c4cccc([Si](c5ccccc5)(c5ccccc5)c5ccccc5)c4)cc3-c3nc(-c4ccccc4)nc(-c4ccccc4)n3)c2c1. The first-order chi connectivity index (χ1) is 37.5. The maximum atomic E-state index is 5.47. The van der Waals surface area contributed by atoms with Crippen LogP contribution in [0.5, 0.6) is 0 Å². The molecule has 13 aromatic rings. The Morgan fingerprint density at radius 3 is 1.13 bits per heavy atom. The van der Waals surface area contributed by atoms with Crippen LogP contribution in [0.15, 0.2) is 279 Å². The van der Waals surface area contributed by atoms with Gasteiger partial charge >= 0.3 is 0 Å². The summed E-state index contributed by atoms with van der Waals surface area (Å²) in [4.78, 5) is 16.1. The number of hydrogen-bond donors (Lipinski definition) is 0. The van der Waals surface area contributed by atoms with Crippen LogP contribution in [-0.2, 0) is 0 Å². The van der Waals surface area contributed by atoms with E-state index in [4.69, 9.17) is 15.0 Å². The summed E-state index contributed by atoms with van der Waals surface area (Å²) in [5, 5.41) is 7.62. The quantitative estimate of drug-likeness (QED) is 0.0958. The Morgan fingerprint density at radius 1 is 0.276 bits per heavy atom. The van der Waals surface area contributed by atoms with E-state index in [0.717, 1.165) is 55.7 Å². The molecule has 2 aromatic heterocycles. The van der Waals surface area contributed by atoms with Crippen molar-refractivity contribution in [2.45, 2.75) is 13.8 Å². The number of aromatic nitrogens is 4. The van der Waals surface area contributed by atoms with Gasteiger partial charge in [-0.05, 0) is 103 Å². The van der Waals surface area contributed by atoms with Crippen LogP contribution in [0.2, 0.25) is 0 Å². The molecule has 0 saturated heterocycles. The third-order valence-electron chi connectivity index (χ3n) is 15.1. The van der Waals surface area contributed by atoms with E-state index >= 15 is 0 Å². The van der Waals surface area contributed by atoms with Crippen molar-refractivity contribution in [3.8, 4) is 73.2 Å². The standard InChI is InChI=1S/C71H52N4Si/c1-49-23-18-20-37-61(49)55-39-42-63-64-43-40-56(62-38-21-19-24-50(62)2)48-68(64)75(67(63)47-55)66-44-41-54(46-65(66)71-73-69(51-25-8-3-9-26-51)72-70(74-71)52-27-10-4-11-28-52)53-29-22-36-60(45-53)76(57-30-12-5-13-31-57,58-32-14-6-15-33-58)59-34-16-7-17-35-59/h3-48H,1-2H3. The third-order valence-corrected chi connectivity index (χ3v) is 19.9. The number of rotatable bonds is 11. The molecule has 0 atom stereocenters. The van der Waals surface area contributed by atoms with Crippen molar-refractivity contribution in [2.75, 3.05) is 0 Å². The first-order valence-corrected chi connectivity index (χ1v) is 28.0. The second kappa shape index (κ2) is 19.7. The molecule has 0 amide bonds. The summed E-state index contributed by atoms with van der Waals surface area (Å²) < 4.78 is 2.45. The third kappa shape index (κ3) is 8.24. The fourth-order valence-electron chi connectivity index (χ4n) is 11.4. The van der Waals surface area contributed by atoms with Crippen LogP contribution in [0.25, 0.3) is 95.0 Å². The van der Waals surface area contributed by atoms with E-state index in [9.17, 15) is 0 Å². The molecule has 5 heteroatoms. The highest BCUT2D eigenvalue weighted by molar-refractivity contribution is 7.19. The highest BCUT2D eigenvalue weighted by atomic mass is 28.3. The Kier molecular flexibility index (Phi) is 12.0. The molecule has 11 aromatic carbocycles. The van der Waals surface area contributed by atoms with E-state index in [2.05, 4.69) is 261 Å². The zero-order valence-electron chi connectivity index (χ0n) is 42.3. The van der Waals surface area contributed by atoms with Gasteiger partial charge in [0.15, 0.2) is 25.5 Å². The monoisotopic (exact) mass is 988 g/mol. The van der Waals surface area contributed by atoms with Crippen molar-refractivity contribution in [1.82, 2.24) is 19.5 Å². The second-order valence-corrected chi connectivity index (χ2v) is 23.4. The summed E-state index contributed by atoms with van der Waals surface area (Å²) in [6.07, 6.45) is 0. The Labute approximate surface area is 445 Å². The smallest absolute Gasteiger partial charge is 0.179 e. The molecule has 360 valence electrons. The van der Waals surface area contributed by atoms with Gasteiger partial charge in [0, 0.05) is 27.5 Å². The normalized spacial score (nSPS) is 11.6. The van der Waals surface area contributed by atoms with Crippen LogP contribution in [0.4, 0.5) is 0 Å². The predicted octanol–water partition coefficient (Wildman–Crippen LogP) is 15.0. The molecule has 0 aliphatic carbocycles. The molecule has 0 radical (unpaired) electrons. The Hall–Kier alpha value is -9.55. The lowest BCUT2D eigenvalue weighted by molar-refractivity contribution is 1.06.